The molecule has 1 N–H and O–H groups in total. The number of aromatic nitrogens is 2. The van der Waals surface area contributed by atoms with Crippen molar-refractivity contribution in [1.82, 2.24) is 10.1 Å². The number of anilines is 1. The molecule has 6 heteroatoms. The minimum absolute atomic E-state index is 0.267. The van der Waals surface area contributed by atoms with Crippen molar-refractivity contribution in [2.75, 3.05) is 5.32 Å². The largest absolute Gasteiger partial charge is 0.459 e. The van der Waals surface area contributed by atoms with Crippen molar-refractivity contribution >= 4 is 11.6 Å². The number of carbonyl (C=O) groups excluding carboxylic acids is 1. The number of hydrogen-bond donors (Lipinski definition) is 1. The van der Waals surface area contributed by atoms with E-state index in [0.29, 0.717) is 17.4 Å². The Morgan fingerprint density at radius 3 is 2.60 bits per heavy atom. The van der Waals surface area contributed by atoms with Crippen molar-refractivity contribution in [1.29, 1.82) is 0 Å². The zero-order chi connectivity index (χ0) is 13.9. The number of rotatable bonds is 3. The van der Waals surface area contributed by atoms with Crippen LogP contribution in [0.3, 0.4) is 0 Å². The molecule has 3 rings (SSSR count). The highest BCUT2D eigenvalue weighted by Crippen LogP contribution is 2.19. The molecule has 2 heterocycles. The number of benzene rings is 1. The lowest BCUT2D eigenvalue weighted by atomic mass is 10.2. The average Bonchev–Trinajstić information content (AvgIpc) is 3.10. The molecular weight excluding hydrogens is 258 g/mol. The highest BCUT2D eigenvalue weighted by Gasteiger charge is 2.09. The van der Waals surface area contributed by atoms with Crippen molar-refractivity contribution in [2.24, 2.45) is 0 Å². The molecule has 6 nitrogen and oxygen atoms in total. The first-order valence-electron chi connectivity index (χ1n) is 5.98. The molecule has 0 saturated carbocycles. The fourth-order valence-electron chi connectivity index (χ4n) is 1.72. The molecule has 0 fully saturated rings. The first kappa shape index (κ1) is 12.2. The molecule has 0 aliphatic heterocycles. The van der Waals surface area contributed by atoms with Gasteiger partial charge in [-0.05, 0) is 36.4 Å². The molecule has 100 valence electrons. The number of nitrogens with one attached hydrogen (secondary N) is 1. The fourth-order valence-corrected chi connectivity index (χ4v) is 1.72. The van der Waals surface area contributed by atoms with E-state index in [2.05, 4.69) is 15.5 Å². The summed E-state index contributed by atoms with van der Waals surface area (Å²) in [6.45, 7) is 1.73. The normalized spacial score (nSPS) is 10.4. The molecule has 1 amide bonds. The molecule has 0 aliphatic carbocycles. The molecule has 0 atom stereocenters. The Morgan fingerprint density at radius 2 is 2.00 bits per heavy atom. The van der Waals surface area contributed by atoms with E-state index in [4.69, 9.17) is 8.94 Å². The third-order valence-corrected chi connectivity index (χ3v) is 2.67. The van der Waals surface area contributed by atoms with Crippen LogP contribution in [0.1, 0.15) is 16.4 Å². The molecule has 0 radical (unpaired) electrons. The summed E-state index contributed by atoms with van der Waals surface area (Å²) in [4.78, 5) is 15.9. The Kier molecular flexibility index (Phi) is 3.04. The van der Waals surface area contributed by atoms with E-state index < -0.39 is 0 Å². The molecule has 2 aromatic heterocycles. The predicted molar refractivity (Wildman–Crippen MR) is 71.1 cm³/mol. The summed E-state index contributed by atoms with van der Waals surface area (Å²) in [6.07, 6.45) is 1.45. The second-order valence-corrected chi connectivity index (χ2v) is 4.15. The van der Waals surface area contributed by atoms with Gasteiger partial charge in [-0.25, -0.2) is 0 Å². The van der Waals surface area contributed by atoms with Gasteiger partial charge in [0.1, 0.15) is 0 Å². The van der Waals surface area contributed by atoms with Crippen LogP contribution in [0, 0.1) is 6.92 Å². The van der Waals surface area contributed by atoms with E-state index >= 15 is 0 Å². The second-order valence-electron chi connectivity index (χ2n) is 4.15. The minimum atomic E-state index is -0.293. The summed E-state index contributed by atoms with van der Waals surface area (Å²) in [6, 6.07) is 10.4. The third kappa shape index (κ3) is 2.44. The highest BCUT2D eigenvalue weighted by atomic mass is 16.5. The molecule has 0 spiro atoms. The Balaban J connectivity index is 1.75. The Labute approximate surface area is 114 Å². The van der Waals surface area contributed by atoms with Crippen molar-refractivity contribution in [3.8, 4) is 11.4 Å². The maximum absolute atomic E-state index is 11.8. The van der Waals surface area contributed by atoms with Gasteiger partial charge in [0.15, 0.2) is 5.76 Å². The van der Waals surface area contributed by atoms with Crippen LogP contribution in [-0.2, 0) is 0 Å². The van der Waals surface area contributed by atoms with Crippen molar-refractivity contribution < 1.29 is 13.7 Å². The molecule has 0 bridgehead atoms. The van der Waals surface area contributed by atoms with Gasteiger partial charge in [-0.2, -0.15) is 4.98 Å². The number of hydrogen-bond acceptors (Lipinski definition) is 5. The van der Waals surface area contributed by atoms with Crippen LogP contribution in [0.2, 0.25) is 0 Å². The predicted octanol–water partition coefficient (Wildman–Crippen LogP) is 2.89. The lowest BCUT2D eigenvalue weighted by Gasteiger charge is -2.03. The van der Waals surface area contributed by atoms with Crippen LogP contribution in [0.15, 0.2) is 51.6 Å². The Bertz CT molecular complexity index is 714. The Morgan fingerprint density at radius 1 is 1.20 bits per heavy atom. The summed E-state index contributed by atoms with van der Waals surface area (Å²) >= 11 is 0. The monoisotopic (exact) mass is 269 g/mol. The van der Waals surface area contributed by atoms with E-state index in [0.717, 1.165) is 5.56 Å². The number of aryl methyl sites for hydroxylation is 1. The smallest absolute Gasteiger partial charge is 0.291 e. The van der Waals surface area contributed by atoms with E-state index in [1.807, 2.05) is 12.1 Å². The summed E-state index contributed by atoms with van der Waals surface area (Å²) in [5.74, 6) is 1.00. The van der Waals surface area contributed by atoms with Gasteiger partial charge in [-0.15, -0.1) is 0 Å². The molecule has 0 saturated heterocycles. The van der Waals surface area contributed by atoms with Gasteiger partial charge in [-0.3, -0.25) is 4.79 Å². The van der Waals surface area contributed by atoms with Crippen molar-refractivity contribution in [3.05, 3.63) is 54.3 Å². The van der Waals surface area contributed by atoms with Crippen LogP contribution < -0.4 is 5.32 Å². The first-order chi connectivity index (χ1) is 9.72. The minimum Gasteiger partial charge on any atom is -0.459 e. The van der Waals surface area contributed by atoms with Gasteiger partial charge in [-0.1, -0.05) is 5.16 Å². The zero-order valence-corrected chi connectivity index (χ0v) is 10.7. The van der Waals surface area contributed by atoms with Crippen molar-refractivity contribution in [2.45, 2.75) is 6.92 Å². The van der Waals surface area contributed by atoms with E-state index in [-0.39, 0.29) is 11.7 Å². The lowest BCUT2D eigenvalue weighted by Crippen LogP contribution is -2.10. The Hall–Kier alpha value is -2.89. The van der Waals surface area contributed by atoms with Crippen LogP contribution in [0.5, 0.6) is 0 Å². The number of carbonyl (C=O) groups is 1. The van der Waals surface area contributed by atoms with Crippen LogP contribution in [0.4, 0.5) is 5.69 Å². The SMILES string of the molecule is Cc1nc(-c2ccc(NC(=O)c3ccco3)cc2)no1. The number of furan rings is 1. The standard InChI is InChI=1S/C14H11N3O3/c1-9-15-13(17-20-9)10-4-6-11(7-5-10)16-14(18)12-3-2-8-19-12/h2-8H,1H3,(H,16,18). The maximum Gasteiger partial charge on any atom is 0.291 e. The molecule has 3 aromatic rings. The van der Waals surface area contributed by atoms with Crippen LogP contribution in [0.25, 0.3) is 11.4 Å². The van der Waals surface area contributed by atoms with Gasteiger partial charge in [0, 0.05) is 18.2 Å². The molecule has 0 unspecified atom stereocenters. The number of amides is 1. The highest BCUT2D eigenvalue weighted by molar-refractivity contribution is 6.02. The molecule has 1 aromatic carbocycles. The summed E-state index contributed by atoms with van der Waals surface area (Å²) in [5.41, 5.74) is 1.48. The van der Waals surface area contributed by atoms with Gasteiger partial charge < -0.3 is 14.3 Å². The lowest BCUT2D eigenvalue weighted by molar-refractivity contribution is 0.0996. The van der Waals surface area contributed by atoms with Crippen molar-refractivity contribution in [3.63, 3.8) is 0 Å². The molecule has 20 heavy (non-hydrogen) atoms. The zero-order valence-electron chi connectivity index (χ0n) is 10.7. The van der Waals surface area contributed by atoms with E-state index in [9.17, 15) is 4.79 Å². The maximum atomic E-state index is 11.8. The van der Waals surface area contributed by atoms with Gasteiger partial charge in [0.05, 0.1) is 6.26 Å². The van der Waals surface area contributed by atoms with Crippen LogP contribution >= 0.6 is 0 Å². The van der Waals surface area contributed by atoms with Gasteiger partial charge in [0.2, 0.25) is 11.7 Å². The van der Waals surface area contributed by atoms with Crippen LogP contribution in [-0.4, -0.2) is 16.0 Å². The average molecular weight is 269 g/mol. The topological polar surface area (TPSA) is 81.2 Å². The summed E-state index contributed by atoms with van der Waals surface area (Å²) in [5, 5.41) is 6.56. The van der Waals surface area contributed by atoms with Gasteiger partial charge in [0.25, 0.3) is 5.91 Å². The first-order valence-corrected chi connectivity index (χ1v) is 5.98. The number of nitrogens with zero attached hydrogens (tertiary/aromatic N) is 2. The van der Waals surface area contributed by atoms with E-state index in [1.54, 1.807) is 31.2 Å². The third-order valence-electron chi connectivity index (χ3n) is 2.67. The molecule has 0 aliphatic rings. The van der Waals surface area contributed by atoms with E-state index in [1.165, 1.54) is 6.26 Å². The molecular formula is C14H11N3O3. The quantitative estimate of drug-likeness (QED) is 0.790. The summed E-state index contributed by atoms with van der Waals surface area (Å²) in [7, 11) is 0. The fraction of sp³-hybridized carbons (Fsp3) is 0.0714. The van der Waals surface area contributed by atoms with Gasteiger partial charge >= 0.3 is 0 Å². The summed E-state index contributed by atoms with van der Waals surface area (Å²) < 4.78 is 9.94. The second kappa shape index (κ2) is 5.00.